The number of hydrogen-bond donors (Lipinski definition) is 0. The van der Waals surface area contributed by atoms with Crippen molar-refractivity contribution in [1.29, 1.82) is 0 Å². The van der Waals surface area contributed by atoms with Gasteiger partial charge in [-0.05, 0) is 28.5 Å². The fourth-order valence-corrected chi connectivity index (χ4v) is 3.56. The molecule has 22 heavy (non-hydrogen) atoms. The third kappa shape index (κ3) is 3.49. The van der Waals surface area contributed by atoms with Gasteiger partial charge in [0.05, 0.1) is 17.3 Å². The van der Waals surface area contributed by atoms with E-state index in [1.807, 2.05) is 37.4 Å². The van der Waals surface area contributed by atoms with Gasteiger partial charge < -0.3 is 4.90 Å². The molecule has 0 saturated heterocycles. The summed E-state index contributed by atoms with van der Waals surface area (Å²) in [4.78, 5) is 15.2. The molecule has 2 aromatic carbocycles. The summed E-state index contributed by atoms with van der Waals surface area (Å²) in [6.45, 7) is 0.601. The fourth-order valence-electron chi connectivity index (χ4n) is 2.42. The summed E-state index contributed by atoms with van der Waals surface area (Å²) in [6.07, 6.45) is 0.417. The highest BCUT2D eigenvalue weighted by Crippen LogP contribution is 2.23. The zero-order chi connectivity index (χ0) is 15.5. The topological polar surface area (TPSA) is 20.3 Å². The van der Waals surface area contributed by atoms with Gasteiger partial charge in [0.25, 0.3) is 0 Å². The molecule has 0 aliphatic rings. The minimum Gasteiger partial charge on any atom is -0.340 e. The van der Waals surface area contributed by atoms with Crippen LogP contribution in [0.25, 0.3) is 10.8 Å². The highest BCUT2D eigenvalue weighted by atomic mass is 35.5. The molecule has 0 N–H and O–H groups in total. The molecule has 0 aliphatic carbocycles. The van der Waals surface area contributed by atoms with Gasteiger partial charge in [0.1, 0.15) is 0 Å². The fraction of sp³-hybridized carbons (Fsp3) is 0.167. The first-order chi connectivity index (χ1) is 10.6. The maximum Gasteiger partial charge on any atom is 0.227 e. The molecule has 0 spiro atoms. The van der Waals surface area contributed by atoms with Crippen molar-refractivity contribution in [2.24, 2.45) is 0 Å². The lowest BCUT2D eigenvalue weighted by Gasteiger charge is -2.16. The van der Waals surface area contributed by atoms with Crippen LogP contribution in [0, 0.1) is 0 Å². The van der Waals surface area contributed by atoms with E-state index in [1.54, 1.807) is 4.90 Å². The normalized spacial score (nSPS) is 10.8. The second kappa shape index (κ2) is 6.51. The smallest absolute Gasteiger partial charge is 0.227 e. The predicted octanol–water partition coefficient (Wildman–Crippen LogP) is 4.76. The number of carbonyl (C=O) groups is 1. The third-order valence-corrected chi connectivity index (χ3v) is 4.83. The van der Waals surface area contributed by atoms with E-state index >= 15 is 0 Å². The minimum atomic E-state index is 0.111. The standard InChI is InChI=1S/C18H16ClNOS/c1-20(12-16-8-9-17(19)22-16)18(21)11-13-6-7-14-4-2-3-5-15(14)10-13/h2-10H,11-12H2,1H3. The lowest BCUT2D eigenvalue weighted by Crippen LogP contribution is -2.27. The van der Waals surface area contributed by atoms with E-state index in [9.17, 15) is 4.79 Å². The lowest BCUT2D eigenvalue weighted by atomic mass is 10.0. The zero-order valence-corrected chi connectivity index (χ0v) is 13.8. The van der Waals surface area contributed by atoms with Crippen LogP contribution in [0.4, 0.5) is 0 Å². The second-order valence-corrected chi connectivity index (χ2v) is 7.11. The highest BCUT2D eigenvalue weighted by molar-refractivity contribution is 7.16. The average Bonchev–Trinajstić information content (AvgIpc) is 2.92. The summed E-state index contributed by atoms with van der Waals surface area (Å²) < 4.78 is 0.755. The van der Waals surface area contributed by atoms with E-state index in [0.29, 0.717) is 13.0 Å². The number of fused-ring (bicyclic) bond motifs is 1. The summed E-state index contributed by atoms with van der Waals surface area (Å²) >= 11 is 7.44. The van der Waals surface area contributed by atoms with Crippen molar-refractivity contribution in [1.82, 2.24) is 4.90 Å². The summed E-state index contributed by atoms with van der Waals surface area (Å²) in [6, 6.07) is 18.2. The monoisotopic (exact) mass is 329 g/mol. The Morgan fingerprint density at radius 2 is 1.86 bits per heavy atom. The van der Waals surface area contributed by atoms with Crippen molar-refractivity contribution >= 4 is 39.6 Å². The number of amides is 1. The zero-order valence-electron chi connectivity index (χ0n) is 12.3. The first-order valence-electron chi connectivity index (χ1n) is 7.08. The molecule has 112 valence electrons. The predicted molar refractivity (Wildman–Crippen MR) is 93.5 cm³/mol. The Bertz CT molecular complexity index is 811. The molecule has 2 nitrogen and oxygen atoms in total. The largest absolute Gasteiger partial charge is 0.340 e. The molecular formula is C18H16ClNOS. The molecule has 4 heteroatoms. The van der Waals surface area contributed by atoms with Crippen LogP contribution in [0.2, 0.25) is 4.34 Å². The Kier molecular flexibility index (Phi) is 4.46. The van der Waals surface area contributed by atoms with E-state index < -0.39 is 0 Å². The second-order valence-electron chi connectivity index (χ2n) is 5.31. The van der Waals surface area contributed by atoms with Crippen molar-refractivity contribution in [3.05, 3.63) is 69.4 Å². The molecule has 0 fully saturated rings. The first-order valence-corrected chi connectivity index (χ1v) is 8.27. The third-order valence-electron chi connectivity index (χ3n) is 3.62. The SMILES string of the molecule is CN(Cc1ccc(Cl)s1)C(=O)Cc1ccc2ccccc2c1. The quantitative estimate of drug-likeness (QED) is 0.676. The van der Waals surface area contributed by atoms with Crippen LogP contribution < -0.4 is 0 Å². The molecule has 1 aromatic heterocycles. The molecule has 0 saturated carbocycles. The number of thiophene rings is 1. The van der Waals surface area contributed by atoms with E-state index in [1.165, 1.54) is 22.1 Å². The number of likely N-dealkylation sites (N-methyl/N-ethyl adjacent to an activating group) is 1. The Balaban J connectivity index is 1.69. The maximum atomic E-state index is 12.4. The van der Waals surface area contributed by atoms with Crippen molar-refractivity contribution in [3.63, 3.8) is 0 Å². The van der Waals surface area contributed by atoms with Gasteiger partial charge in [0.2, 0.25) is 5.91 Å². The van der Waals surface area contributed by atoms with Crippen molar-refractivity contribution in [3.8, 4) is 0 Å². The maximum absolute atomic E-state index is 12.4. The van der Waals surface area contributed by atoms with Gasteiger partial charge >= 0.3 is 0 Å². The van der Waals surface area contributed by atoms with Crippen LogP contribution in [0.15, 0.2) is 54.6 Å². The summed E-state index contributed by atoms with van der Waals surface area (Å²) in [5, 5.41) is 2.36. The van der Waals surface area contributed by atoms with Crippen LogP contribution in [0.5, 0.6) is 0 Å². The van der Waals surface area contributed by atoms with Gasteiger partial charge in [0.15, 0.2) is 0 Å². The number of benzene rings is 2. The number of halogens is 1. The Labute approximate surface area is 138 Å². The Hall–Kier alpha value is -1.84. The van der Waals surface area contributed by atoms with Crippen molar-refractivity contribution in [2.75, 3.05) is 7.05 Å². The average molecular weight is 330 g/mol. The number of rotatable bonds is 4. The van der Waals surface area contributed by atoms with Gasteiger partial charge in [-0.2, -0.15) is 0 Å². The number of nitrogens with zero attached hydrogens (tertiary/aromatic N) is 1. The number of carbonyl (C=O) groups excluding carboxylic acids is 1. The van der Waals surface area contributed by atoms with Crippen molar-refractivity contribution < 1.29 is 4.79 Å². The van der Waals surface area contributed by atoms with Gasteiger partial charge in [-0.3, -0.25) is 4.79 Å². The first kappa shape index (κ1) is 15.1. The molecule has 0 aliphatic heterocycles. The molecule has 0 unspecified atom stereocenters. The van der Waals surface area contributed by atoms with Gasteiger partial charge in [-0.1, -0.05) is 54.1 Å². The van der Waals surface area contributed by atoms with Gasteiger partial charge in [-0.25, -0.2) is 0 Å². The van der Waals surface area contributed by atoms with E-state index in [4.69, 9.17) is 11.6 Å². The Morgan fingerprint density at radius 3 is 2.59 bits per heavy atom. The molecule has 0 bridgehead atoms. The summed E-state index contributed by atoms with van der Waals surface area (Å²) in [7, 11) is 1.83. The molecular weight excluding hydrogens is 314 g/mol. The van der Waals surface area contributed by atoms with Gasteiger partial charge in [-0.15, -0.1) is 11.3 Å². The Morgan fingerprint density at radius 1 is 1.09 bits per heavy atom. The van der Waals surface area contributed by atoms with E-state index in [2.05, 4.69) is 24.3 Å². The summed E-state index contributed by atoms with van der Waals surface area (Å²) in [5.41, 5.74) is 1.04. The van der Waals surface area contributed by atoms with Crippen LogP contribution in [-0.2, 0) is 17.8 Å². The molecule has 1 heterocycles. The van der Waals surface area contributed by atoms with Crippen LogP contribution in [-0.4, -0.2) is 17.9 Å². The molecule has 3 rings (SSSR count). The lowest BCUT2D eigenvalue weighted by molar-refractivity contribution is -0.129. The van der Waals surface area contributed by atoms with Crippen LogP contribution >= 0.6 is 22.9 Å². The molecule has 1 amide bonds. The highest BCUT2D eigenvalue weighted by Gasteiger charge is 2.11. The van der Waals surface area contributed by atoms with Crippen LogP contribution in [0.1, 0.15) is 10.4 Å². The van der Waals surface area contributed by atoms with E-state index in [0.717, 1.165) is 14.8 Å². The molecule has 0 radical (unpaired) electrons. The van der Waals surface area contributed by atoms with Crippen molar-refractivity contribution in [2.45, 2.75) is 13.0 Å². The van der Waals surface area contributed by atoms with Gasteiger partial charge in [0, 0.05) is 11.9 Å². The van der Waals surface area contributed by atoms with E-state index in [-0.39, 0.29) is 5.91 Å². The molecule has 3 aromatic rings. The minimum absolute atomic E-state index is 0.111. The summed E-state index contributed by atoms with van der Waals surface area (Å²) in [5.74, 6) is 0.111. The van der Waals surface area contributed by atoms with Crippen LogP contribution in [0.3, 0.4) is 0 Å². The molecule has 0 atom stereocenters. The number of hydrogen-bond acceptors (Lipinski definition) is 2.